The topological polar surface area (TPSA) is 124 Å². The molecule has 0 saturated carbocycles. The smallest absolute Gasteiger partial charge is 0.113 e. The average molecular weight is 300 g/mol. The monoisotopic (exact) mass is 300 g/mol. The fourth-order valence-electron chi connectivity index (χ4n) is 1.98. The summed E-state index contributed by atoms with van der Waals surface area (Å²) in [6.07, 6.45) is 4.39. The first kappa shape index (κ1) is 17.6. The molecule has 22 heavy (non-hydrogen) atoms. The number of hydrogen-bond donors (Lipinski definition) is 4. The molecule has 0 aliphatic heterocycles. The summed E-state index contributed by atoms with van der Waals surface area (Å²) in [6, 6.07) is 6.11. The molecule has 0 unspecified atom stereocenters. The van der Waals surface area contributed by atoms with Crippen molar-refractivity contribution < 1.29 is 0 Å². The quantitative estimate of drug-likeness (QED) is 0.430. The molecule has 0 aliphatic rings. The molecule has 6 heteroatoms. The highest BCUT2D eigenvalue weighted by Gasteiger charge is 2.02. The number of nitrogens with one attached hydrogen (secondary N) is 2. The Hall–Kier alpha value is -2.50. The van der Waals surface area contributed by atoms with Gasteiger partial charge in [0.15, 0.2) is 0 Å². The van der Waals surface area contributed by atoms with Gasteiger partial charge >= 0.3 is 0 Å². The van der Waals surface area contributed by atoms with Crippen molar-refractivity contribution in [3.63, 3.8) is 0 Å². The summed E-state index contributed by atoms with van der Waals surface area (Å²) in [5, 5.41) is 14.4. The zero-order valence-corrected chi connectivity index (χ0v) is 13.1. The summed E-state index contributed by atoms with van der Waals surface area (Å²) in [6.45, 7) is 4.73. The first-order chi connectivity index (χ1) is 10.4. The second-order valence-electron chi connectivity index (χ2n) is 5.60. The highest BCUT2D eigenvalue weighted by molar-refractivity contribution is 5.89. The van der Waals surface area contributed by atoms with Crippen LogP contribution < -0.4 is 11.5 Å². The Morgan fingerprint density at radius 1 is 1.00 bits per heavy atom. The van der Waals surface area contributed by atoms with E-state index in [1.807, 2.05) is 6.07 Å². The number of benzene rings is 1. The summed E-state index contributed by atoms with van der Waals surface area (Å²) in [5.41, 5.74) is 13.7. The molecule has 0 heterocycles. The molecule has 0 amide bonds. The van der Waals surface area contributed by atoms with Crippen molar-refractivity contribution in [2.24, 2.45) is 27.4 Å². The Bertz CT molecular complexity index is 542. The van der Waals surface area contributed by atoms with Crippen molar-refractivity contribution in [3.05, 3.63) is 34.9 Å². The Balaban J connectivity index is 2.99. The van der Waals surface area contributed by atoms with Gasteiger partial charge in [-0.25, -0.2) is 0 Å². The van der Waals surface area contributed by atoms with Gasteiger partial charge in [-0.3, -0.25) is 20.8 Å². The predicted octanol–water partition coefficient (Wildman–Crippen LogP) is 1.59. The lowest BCUT2D eigenvalue weighted by molar-refractivity contribution is 0.647. The van der Waals surface area contributed by atoms with Gasteiger partial charge in [-0.15, -0.1) is 0 Å². The van der Waals surface area contributed by atoms with Gasteiger partial charge in [0.1, 0.15) is 11.7 Å². The van der Waals surface area contributed by atoms with Crippen molar-refractivity contribution in [2.75, 3.05) is 13.1 Å². The van der Waals surface area contributed by atoms with E-state index in [9.17, 15) is 0 Å². The fourth-order valence-corrected chi connectivity index (χ4v) is 1.98. The van der Waals surface area contributed by atoms with Crippen LogP contribution in [-0.4, -0.2) is 37.2 Å². The first-order valence-corrected chi connectivity index (χ1v) is 7.16. The van der Waals surface area contributed by atoms with E-state index in [-0.39, 0.29) is 24.8 Å². The lowest BCUT2D eigenvalue weighted by atomic mass is 9.99. The van der Waals surface area contributed by atoms with Crippen LogP contribution in [0.2, 0.25) is 0 Å². The van der Waals surface area contributed by atoms with Crippen LogP contribution in [-0.2, 0) is 6.42 Å². The summed E-state index contributed by atoms with van der Waals surface area (Å²) in [7, 11) is 0. The molecular formula is C16H24N6. The van der Waals surface area contributed by atoms with Gasteiger partial charge in [-0.1, -0.05) is 26.0 Å². The van der Waals surface area contributed by atoms with Crippen molar-refractivity contribution in [2.45, 2.75) is 20.3 Å². The largest absolute Gasteiger partial charge is 0.386 e. The number of nitrogens with two attached hydrogens (primary N) is 2. The van der Waals surface area contributed by atoms with Gasteiger partial charge in [-0.2, -0.15) is 0 Å². The molecule has 118 valence electrons. The lowest BCUT2D eigenvalue weighted by Gasteiger charge is -2.08. The minimum Gasteiger partial charge on any atom is -0.386 e. The van der Waals surface area contributed by atoms with Crippen molar-refractivity contribution in [1.29, 1.82) is 10.8 Å². The SMILES string of the molecule is CC(C)Cc1cc(C=NCC(=N)N)cc(C=NCC(=N)N)c1. The molecule has 0 bridgehead atoms. The van der Waals surface area contributed by atoms with E-state index < -0.39 is 0 Å². The molecule has 0 saturated heterocycles. The Kier molecular flexibility index (Phi) is 6.95. The Morgan fingerprint density at radius 3 is 1.82 bits per heavy atom. The standard InChI is InChI=1S/C16H24N6/c1-11(2)3-12-4-13(7-21-9-15(17)18)6-14(5-12)8-22-10-16(19)20/h4-8,11H,3,9-10H2,1-2H3,(H3,17,18)(H3,19,20). The van der Waals surface area contributed by atoms with E-state index in [1.165, 1.54) is 5.56 Å². The van der Waals surface area contributed by atoms with Gasteiger partial charge in [0.2, 0.25) is 0 Å². The van der Waals surface area contributed by atoms with Crippen LogP contribution in [0.3, 0.4) is 0 Å². The number of rotatable bonds is 8. The minimum absolute atomic E-state index is 0.0397. The summed E-state index contributed by atoms with van der Waals surface area (Å²) < 4.78 is 0. The molecule has 0 spiro atoms. The third kappa shape index (κ3) is 7.33. The third-order valence-corrected chi connectivity index (χ3v) is 2.69. The van der Waals surface area contributed by atoms with E-state index in [1.54, 1.807) is 12.4 Å². The number of hydrogen-bond acceptors (Lipinski definition) is 4. The van der Waals surface area contributed by atoms with Crippen LogP contribution in [0.5, 0.6) is 0 Å². The van der Waals surface area contributed by atoms with Crippen molar-refractivity contribution >= 4 is 24.1 Å². The molecule has 1 rings (SSSR count). The fraction of sp³-hybridized carbons (Fsp3) is 0.375. The van der Waals surface area contributed by atoms with E-state index >= 15 is 0 Å². The van der Waals surface area contributed by atoms with Crippen LogP contribution >= 0.6 is 0 Å². The number of aliphatic imine (C=N–C) groups is 2. The second-order valence-corrected chi connectivity index (χ2v) is 5.60. The molecule has 0 aliphatic carbocycles. The maximum atomic E-state index is 7.18. The highest BCUT2D eigenvalue weighted by atomic mass is 14.8. The van der Waals surface area contributed by atoms with Gasteiger partial charge in [0, 0.05) is 12.4 Å². The lowest BCUT2D eigenvalue weighted by Crippen LogP contribution is -2.13. The zero-order valence-electron chi connectivity index (χ0n) is 13.1. The van der Waals surface area contributed by atoms with E-state index in [0.717, 1.165) is 17.5 Å². The molecule has 0 atom stereocenters. The summed E-state index contributed by atoms with van der Waals surface area (Å²) in [4.78, 5) is 8.28. The van der Waals surface area contributed by atoms with Gasteiger partial charge in [0.25, 0.3) is 0 Å². The molecule has 0 radical (unpaired) electrons. The van der Waals surface area contributed by atoms with Gasteiger partial charge in [-0.05, 0) is 35.1 Å². The molecule has 1 aromatic rings. The van der Waals surface area contributed by atoms with Crippen LogP contribution in [0.25, 0.3) is 0 Å². The molecule has 1 aromatic carbocycles. The van der Waals surface area contributed by atoms with E-state index in [0.29, 0.717) is 5.92 Å². The van der Waals surface area contributed by atoms with Gasteiger partial charge < -0.3 is 11.5 Å². The average Bonchev–Trinajstić information content (AvgIpc) is 2.36. The summed E-state index contributed by atoms with van der Waals surface area (Å²) in [5.74, 6) is 0.627. The van der Waals surface area contributed by atoms with E-state index in [4.69, 9.17) is 22.3 Å². The Morgan fingerprint density at radius 2 is 1.45 bits per heavy atom. The molecule has 6 nitrogen and oxygen atoms in total. The normalized spacial score (nSPS) is 11.6. The van der Waals surface area contributed by atoms with Crippen LogP contribution in [0.1, 0.15) is 30.5 Å². The van der Waals surface area contributed by atoms with Crippen LogP contribution in [0, 0.1) is 16.7 Å². The minimum atomic E-state index is 0.0397. The first-order valence-electron chi connectivity index (χ1n) is 7.16. The second kappa shape index (κ2) is 8.71. The highest BCUT2D eigenvalue weighted by Crippen LogP contribution is 2.12. The molecule has 6 N–H and O–H groups in total. The van der Waals surface area contributed by atoms with E-state index in [2.05, 4.69) is 36.0 Å². The van der Waals surface area contributed by atoms with Crippen LogP contribution in [0.15, 0.2) is 28.2 Å². The molecular weight excluding hydrogens is 276 g/mol. The zero-order chi connectivity index (χ0) is 16.5. The maximum absolute atomic E-state index is 7.18. The number of nitrogens with zero attached hydrogens (tertiary/aromatic N) is 2. The van der Waals surface area contributed by atoms with Crippen molar-refractivity contribution in [3.8, 4) is 0 Å². The van der Waals surface area contributed by atoms with Gasteiger partial charge in [0.05, 0.1) is 13.1 Å². The summed E-state index contributed by atoms with van der Waals surface area (Å²) >= 11 is 0. The maximum Gasteiger partial charge on any atom is 0.113 e. The van der Waals surface area contributed by atoms with Crippen molar-refractivity contribution in [1.82, 2.24) is 0 Å². The number of amidine groups is 2. The van der Waals surface area contributed by atoms with Crippen LogP contribution in [0.4, 0.5) is 0 Å². The molecule has 0 fully saturated rings. The Labute approximate surface area is 131 Å². The predicted molar refractivity (Wildman–Crippen MR) is 93.7 cm³/mol. The third-order valence-electron chi connectivity index (χ3n) is 2.69. The molecule has 0 aromatic heterocycles.